The summed E-state index contributed by atoms with van der Waals surface area (Å²) in [5.41, 5.74) is -5.27. The molecule has 0 amide bonds. The lowest BCUT2D eigenvalue weighted by Crippen LogP contribution is -2.77. The molecule has 0 radical (unpaired) electrons. The molecule has 3 aliphatic carbocycles. The van der Waals surface area contributed by atoms with E-state index in [0.717, 1.165) is 0 Å². The van der Waals surface area contributed by atoms with Crippen molar-refractivity contribution >= 4 is 23.7 Å². The Bertz CT molecular complexity index is 1250. The Morgan fingerprint density at radius 2 is 1.90 bits per heavy atom. The third kappa shape index (κ3) is 2.94. The lowest BCUT2D eigenvalue weighted by Gasteiger charge is -2.68. The van der Waals surface area contributed by atoms with E-state index < -0.39 is 81.4 Å². The molecule has 1 unspecified atom stereocenters. The molecular weight excluding hydrogens is 508 g/mol. The molecule has 212 valence electrons. The molecule has 10 heteroatoms. The number of carbonyl (C=O) groups excluding carboxylic acids is 4. The first-order valence-corrected chi connectivity index (χ1v) is 13.6. The predicted molar refractivity (Wildman–Crippen MR) is 132 cm³/mol. The van der Waals surface area contributed by atoms with Crippen LogP contribution >= 0.6 is 0 Å². The number of furan rings is 1. The number of methoxy groups -OCH3 is 1. The number of carbonyl (C=O) groups is 4. The van der Waals surface area contributed by atoms with Gasteiger partial charge in [0, 0.05) is 41.1 Å². The number of ether oxygens (including phenoxy) is 4. The average Bonchev–Trinajstić information content (AvgIpc) is 3.50. The van der Waals surface area contributed by atoms with Gasteiger partial charge in [0.1, 0.15) is 23.1 Å². The molecule has 1 aromatic heterocycles. The summed E-state index contributed by atoms with van der Waals surface area (Å²) in [5.74, 6) is -3.91. The molecule has 10 nitrogen and oxygen atoms in total. The summed E-state index contributed by atoms with van der Waals surface area (Å²) in [6.07, 6.45) is 1.11. The van der Waals surface area contributed by atoms with E-state index >= 15 is 0 Å². The monoisotopic (exact) mass is 544 g/mol. The van der Waals surface area contributed by atoms with E-state index in [1.54, 1.807) is 6.07 Å². The van der Waals surface area contributed by atoms with Crippen molar-refractivity contribution in [2.24, 2.45) is 34.0 Å². The minimum Gasteiger partial charge on any atom is -0.472 e. The zero-order valence-electron chi connectivity index (χ0n) is 23.1. The standard InChI is InChI=1S/C29H36O10/c1-14(30)37-19(24(33)35-6)20-25(2,3)23-16-11-28(39-23)17(27(20,5)21(16)32)7-9-26(4)22(15-8-10-36-13-15)38-18(31)12-29(26,28)34/h8,10,13,16-17,19-20,22-23,34H,7,9,11-12H2,1-6H3/t16-,17+,19?,20-,22-,23+,26-,27-,28-,29-/m0/s1. The second-order valence-corrected chi connectivity index (χ2v) is 13.2. The van der Waals surface area contributed by atoms with Crippen LogP contribution in [0.4, 0.5) is 0 Å². The number of hydrogen-bond donors (Lipinski definition) is 1. The van der Waals surface area contributed by atoms with Gasteiger partial charge < -0.3 is 28.5 Å². The van der Waals surface area contributed by atoms with Gasteiger partial charge >= 0.3 is 17.9 Å². The molecule has 2 aliphatic heterocycles. The van der Waals surface area contributed by atoms with Crippen LogP contribution in [-0.2, 0) is 38.1 Å². The van der Waals surface area contributed by atoms with Gasteiger partial charge in [-0.3, -0.25) is 14.4 Å². The van der Waals surface area contributed by atoms with Gasteiger partial charge in [0.2, 0.25) is 6.10 Å². The number of rotatable bonds is 4. The Labute approximate surface area is 226 Å². The summed E-state index contributed by atoms with van der Waals surface area (Å²) in [5, 5.41) is 12.9. The Hall–Kier alpha value is -2.72. The fourth-order valence-electron chi connectivity index (χ4n) is 9.84. The summed E-state index contributed by atoms with van der Waals surface area (Å²) in [4.78, 5) is 52.7. The summed E-state index contributed by atoms with van der Waals surface area (Å²) in [7, 11) is 1.22. The van der Waals surface area contributed by atoms with Crippen LogP contribution in [0.3, 0.4) is 0 Å². The molecule has 3 saturated carbocycles. The lowest BCUT2D eigenvalue weighted by molar-refractivity contribution is -0.317. The smallest absolute Gasteiger partial charge is 0.347 e. The molecule has 39 heavy (non-hydrogen) atoms. The van der Waals surface area contributed by atoms with E-state index in [1.165, 1.54) is 26.6 Å². The topological polar surface area (TPSA) is 139 Å². The third-order valence-electron chi connectivity index (χ3n) is 11.3. The third-order valence-corrected chi connectivity index (χ3v) is 11.3. The highest BCUT2D eigenvalue weighted by atomic mass is 16.6. The van der Waals surface area contributed by atoms with E-state index in [1.807, 2.05) is 27.7 Å². The lowest BCUT2D eigenvalue weighted by atomic mass is 9.36. The van der Waals surface area contributed by atoms with Gasteiger partial charge in [-0.2, -0.15) is 0 Å². The Balaban J connectivity index is 1.55. The molecule has 10 atom stereocenters. The summed E-state index contributed by atoms with van der Waals surface area (Å²) in [6.45, 7) is 8.79. The van der Waals surface area contributed by atoms with Crippen molar-refractivity contribution in [3.63, 3.8) is 0 Å². The highest BCUT2D eigenvalue weighted by Crippen LogP contribution is 2.77. The molecule has 0 aromatic carbocycles. The highest BCUT2D eigenvalue weighted by Gasteiger charge is 2.85. The minimum absolute atomic E-state index is 0.0621. The number of ketones is 1. The average molecular weight is 545 g/mol. The van der Waals surface area contributed by atoms with Gasteiger partial charge in [0.25, 0.3) is 0 Å². The number of hydrogen-bond acceptors (Lipinski definition) is 10. The van der Waals surface area contributed by atoms with Crippen LogP contribution in [0, 0.1) is 34.0 Å². The van der Waals surface area contributed by atoms with Crippen LogP contribution in [0.5, 0.6) is 0 Å². The van der Waals surface area contributed by atoms with Crippen molar-refractivity contribution < 1.29 is 47.6 Å². The Kier molecular flexibility index (Phi) is 5.39. The van der Waals surface area contributed by atoms with Crippen molar-refractivity contribution in [1.29, 1.82) is 0 Å². The van der Waals surface area contributed by atoms with Gasteiger partial charge in [-0.05, 0) is 30.7 Å². The Morgan fingerprint density at radius 1 is 1.18 bits per heavy atom. The summed E-state index contributed by atoms with van der Waals surface area (Å²) in [6, 6.07) is 1.73. The SMILES string of the molecule is COC(=O)C(OC(C)=O)[C@H]1C(C)(C)[C@@H]2O[C@@]34C[C@H]2C(=O)[C@@]1(C)[C@H]3CC[C@@]1(C)[C@H](c2ccoc2)OC(=O)C[C@]14O. The first kappa shape index (κ1) is 26.5. The maximum absolute atomic E-state index is 14.3. The number of fused-ring (bicyclic) bond motifs is 3. The quantitative estimate of drug-likeness (QED) is 0.445. The summed E-state index contributed by atoms with van der Waals surface area (Å²) >= 11 is 0. The fraction of sp³-hybridized carbons (Fsp3) is 0.724. The van der Waals surface area contributed by atoms with Crippen LogP contribution in [0.15, 0.2) is 23.0 Å². The van der Waals surface area contributed by atoms with Crippen molar-refractivity contribution in [3.05, 3.63) is 24.2 Å². The first-order chi connectivity index (χ1) is 18.2. The molecule has 2 saturated heterocycles. The second kappa shape index (κ2) is 7.94. The van der Waals surface area contributed by atoms with Gasteiger partial charge in [-0.1, -0.05) is 27.7 Å². The second-order valence-electron chi connectivity index (χ2n) is 13.2. The number of aliphatic hydroxyl groups is 1. The number of cyclic esters (lactones) is 1. The van der Waals surface area contributed by atoms with Crippen LogP contribution < -0.4 is 0 Å². The molecule has 1 aromatic rings. The predicted octanol–water partition coefficient (Wildman–Crippen LogP) is 2.91. The molecule has 1 spiro atoms. The number of esters is 3. The van der Waals surface area contributed by atoms with Gasteiger partial charge in [0.05, 0.1) is 32.2 Å². The van der Waals surface area contributed by atoms with Crippen LogP contribution in [-0.4, -0.2) is 59.3 Å². The normalized spacial score (nSPS) is 46.1. The van der Waals surface area contributed by atoms with Gasteiger partial charge in [0.15, 0.2) is 0 Å². The zero-order chi connectivity index (χ0) is 28.3. The molecular formula is C29H36O10. The molecule has 1 N–H and O–H groups in total. The minimum atomic E-state index is -1.68. The fourth-order valence-corrected chi connectivity index (χ4v) is 9.84. The van der Waals surface area contributed by atoms with E-state index in [9.17, 15) is 24.3 Å². The van der Waals surface area contributed by atoms with E-state index in [0.29, 0.717) is 18.4 Å². The van der Waals surface area contributed by atoms with Crippen LogP contribution in [0.25, 0.3) is 0 Å². The molecule has 3 heterocycles. The van der Waals surface area contributed by atoms with Crippen molar-refractivity contribution in [2.75, 3.05) is 7.11 Å². The maximum atomic E-state index is 14.3. The van der Waals surface area contributed by atoms with Crippen LogP contribution in [0.1, 0.15) is 72.0 Å². The van der Waals surface area contributed by atoms with E-state index in [2.05, 4.69) is 0 Å². The molecule has 5 aliphatic rings. The molecule has 3 bridgehead atoms. The van der Waals surface area contributed by atoms with Crippen molar-refractivity contribution in [1.82, 2.24) is 0 Å². The molecule has 5 fully saturated rings. The highest BCUT2D eigenvalue weighted by molar-refractivity contribution is 5.93. The Morgan fingerprint density at radius 3 is 2.51 bits per heavy atom. The van der Waals surface area contributed by atoms with Crippen LogP contribution in [0.2, 0.25) is 0 Å². The number of Topliss-reactive ketones (excluding diaryl/α,β-unsaturated/α-hetero) is 1. The van der Waals surface area contributed by atoms with Gasteiger partial charge in [-0.15, -0.1) is 0 Å². The largest absolute Gasteiger partial charge is 0.472 e. The van der Waals surface area contributed by atoms with Crippen molar-refractivity contribution in [3.8, 4) is 0 Å². The van der Waals surface area contributed by atoms with Crippen molar-refractivity contribution in [2.45, 2.75) is 89.8 Å². The van der Waals surface area contributed by atoms with E-state index in [-0.39, 0.29) is 18.6 Å². The summed E-state index contributed by atoms with van der Waals surface area (Å²) < 4.78 is 28.8. The maximum Gasteiger partial charge on any atom is 0.347 e. The molecule has 6 rings (SSSR count). The van der Waals surface area contributed by atoms with Gasteiger partial charge in [-0.25, -0.2) is 4.79 Å². The van der Waals surface area contributed by atoms with E-state index in [4.69, 9.17) is 23.4 Å². The zero-order valence-corrected chi connectivity index (χ0v) is 23.1. The first-order valence-electron chi connectivity index (χ1n) is 13.6.